The maximum absolute atomic E-state index is 4.20. The van der Waals surface area contributed by atoms with Gasteiger partial charge in [0.15, 0.2) is 0 Å². The Morgan fingerprint density at radius 3 is 2.36 bits per heavy atom. The van der Waals surface area contributed by atoms with Gasteiger partial charge in [0.05, 0.1) is 0 Å². The molecular weight excluding hydrogens is 398 g/mol. The van der Waals surface area contributed by atoms with E-state index in [2.05, 4.69) is 17.1 Å². The molecule has 2 aromatic rings. The van der Waals surface area contributed by atoms with Gasteiger partial charge in [-0.2, -0.15) is 6.92 Å². The number of aromatic amines is 1. The van der Waals surface area contributed by atoms with Crippen LogP contribution in [0.2, 0.25) is 0 Å². The Balaban J connectivity index is 0.000000980. The van der Waals surface area contributed by atoms with Crippen LogP contribution in [0.15, 0.2) is 30.3 Å². The van der Waals surface area contributed by atoms with E-state index in [0.717, 1.165) is 22.5 Å². The second-order valence-electron chi connectivity index (χ2n) is 3.04. The molecule has 0 unspecified atom stereocenters. The summed E-state index contributed by atoms with van der Waals surface area (Å²) in [7, 11) is 0. The quantitative estimate of drug-likeness (QED) is 0.721. The van der Waals surface area contributed by atoms with E-state index in [9.17, 15) is 0 Å². The summed E-state index contributed by atoms with van der Waals surface area (Å²) in [6.45, 7) is 5.94. The molecule has 14 heavy (non-hydrogen) atoms. The van der Waals surface area contributed by atoms with Crippen LogP contribution in [-0.2, 0) is 0 Å². The van der Waals surface area contributed by atoms with E-state index in [1.54, 1.807) is 0 Å². The number of nitrogens with zero attached hydrogens (tertiary/aromatic N) is 1. The van der Waals surface area contributed by atoms with Crippen LogP contribution in [0.25, 0.3) is 11.3 Å². The van der Waals surface area contributed by atoms with E-state index in [1.165, 1.54) is 0 Å². The van der Waals surface area contributed by atoms with Crippen molar-refractivity contribution in [3.63, 3.8) is 0 Å². The fourth-order valence-corrected chi connectivity index (χ4v) is 1.29. The first-order valence-corrected chi connectivity index (χ1v) is 4.21. The van der Waals surface area contributed by atoms with Gasteiger partial charge in [-0.15, -0.1) is 5.56 Å². The second kappa shape index (κ2) is 4.73. The first-order chi connectivity index (χ1) is 6.29. The van der Waals surface area contributed by atoms with Gasteiger partial charge in [0, 0.05) is 31.1 Å². The summed E-state index contributed by atoms with van der Waals surface area (Å²) < 4.78 is 0. The number of nitrogens with one attached hydrogen (secondary N) is 1. The van der Waals surface area contributed by atoms with E-state index < -0.39 is 0 Å². The first kappa shape index (κ1) is 11.4. The number of hydrogen-bond donors (Lipinski definition) is 1. The zero-order valence-electron chi connectivity index (χ0n) is 8.04. The Morgan fingerprint density at radius 2 is 1.86 bits per heavy atom. The SMILES string of the molecule is [CH2-]c1c(-c2ccccc2)n[nH]c1C.[U]. The van der Waals surface area contributed by atoms with Crippen LogP contribution >= 0.6 is 0 Å². The van der Waals surface area contributed by atoms with Crippen LogP contribution in [-0.4, -0.2) is 10.2 Å². The Bertz CT molecular complexity index is 406. The number of H-pyrrole nitrogens is 1. The summed E-state index contributed by atoms with van der Waals surface area (Å²) in [5.74, 6) is 0. The topological polar surface area (TPSA) is 28.7 Å². The van der Waals surface area contributed by atoms with Crippen LogP contribution in [0, 0.1) is 45.0 Å². The van der Waals surface area contributed by atoms with Crippen molar-refractivity contribution >= 4 is 0 Å². The van der Waals surface area contributed by atoms with Crippen molar-refractivity contribution in [1.82, 2.24) is 10.2 Å². The molecule has 0 fully saturated rings. The minimum atomic E-state index is 0. The van der Waals surface area contributed by atoms with Gasteiger partial charge >= 0.3 is 0 Å². The zero-order valence-corrected chi connectivity index (χ0v) is 12.2. The van der Waals surface area contributed by atoms with Gasteiger partial charge < -0.3 is 5.10 Å². The molecular formula is C11H11N2U-. The van der Waals surface area contributed by atoms with Gasteiger partial charge in [0.1, 0.15) is 0 Å². The van der Waals surface area contributed by atoms with Gasteiger partial charge in [0.25, 0.3) is 0 Å². The molecule has 0 saturated heterocycles. The van der Waals surface area contributed by atoms with Crippen molar-refractivity contribution in [2.24, 2.45) is 0 Å². The van der Waals surface area contributed by atoms with Crippen LogP contribution in [0.4, 0.5) is 0 Å². The predicted molar refractivity (Wildman–Crippen MR) is 53.2 cm³/mol. The Labute approximate surface area is 107 Å². The predicted octanol–water partition coefficient (Wildman–Crippen LogP) is 2.57. The molecule has 0 aliphatic rings. The van der Waals surface area contributed by atoms with Gasteiger partial charge in [0.2, 0.25) is 0 Å². The molecule has 70 valence electrons. The van der Waals surface area contributed by atoms with Crippen LogP contribution in [0.1, 0.15) is 11.3 Å². The average molecular weight is 409 g/mol. The summed E-state index contributed by atoms with van der Waals surface area (Å²) in [5, 5.41) is 7.12. The minimum Gasteiger partial charge on any atom is -0.347 e. The van der Waals surface area contributed by atoms with Crippen LogP contribution < -0.4 is 0 Å². The second-order valence-corrected chi connectivity index (χ2v) is 3.04. The molecule has 0 atom stereocenters. The summed E-state index contributed by atoms with van der Waals surface area (Å²) >= 11 is 0. The summed E-state index contributed by atoms with van der Waals surface area (Å²) in [6, 6.07) is 10.1. The summed E-state index contributed by atoms with van der Waals surface area (Å²) in [4.78, 5) is 0. The van der Waals surface area contributed by atoms with Crippen molar-refractivity contribution < 1.29 is 31.1 Å². The van der Waals surface area contributed by atoms with Crippen molar-refractivity contribution in [1.29, 1.82) is 0 Å². The normalized spacial score (nSPS) is 9.50. The molecule has 2 rings (SSSR count). The molecule has 0 aliphatic carbocycles. The van der Waals surface area contributed by atoms with Crippen molar-refractivity contribution in [2.75, 3.05) is 0 Å². The zero-order chi connectivity index (χ0) is 9.26. The number of aromatic nitrogens is 2. The van der Waals surface area contributed by atoms with E-state index in [0.29, 0.717) is 0 Å². The summed E-state index contributed by atoms with van der Waals surface area (Å²) in [6.07, 6.45) is 0. The number of benzene rings is 1. The molecule has 0 saturated carbocycles. The number of aryl methyl sites for hydroxylation is 1. The molecule has 0 bridgehead atoms. The molecule has 3 heteroatoms. The molecule has 0 spiro atoms. The van der Waals surface area contributed by atoms with Gasteiger partial charge in [-0.3, -0.25) is 5.10 Å². The minimum absolute atomic E-state index is 0. The van der Waals surface area contributed by atoms with E-state index >= 15 is 0 Å². The van der Waals surface area contributed by atoms with Crippen LogP contribution in [0.5, 0.6) is 0 Å². The fourth-order valence-electron chi connectivity index (χ4n) is 1.29. The smallest absolute Gasteiger partial charge is 0 e. The molecule has 0 aliphatic heterocycles. The van der Waals surface area contributed by atoms with Gasteiger partial charge in [-0.1, -0.05) is 48.5 Å². The average Bonchev–Trinajstić information content (AvgIpc) is 2.49. The van der Waals surface area contributed by atoms with E-state index in [-0.39, 0.29) is 31.1 Å². The molecule has 0 radical (unpaired) electrons. The van der Waals surface area contributed by atoms with Crippen molar-refractivity contribution in [3.8, 4) is 11.3 Å². The first-order valence-electron chi connectivity index (χ1n) is 4.21. The monoisotopic (exact) mass is 409 g/mol. The van der Waals surface area contributed by atoms with E-state index in [4.69, 9.17) is 0 Å². The number of rotatable bonds is 1. The molecule has 1 aromatic heterocycles. The molecule has 1 aromatic carbocycles. The molecule has 1 heterocycles. The Morgan fingerprint density at radius 1 is 1.21 bits per heavy atom. The largest absolute Gasteiger partial charge is 0.347 e. The third-order valence-electron chi connectivity index (χ3n) is 2.12. The Kier molecular flexibility index (Phi) is 3.86. The third-order valence-corrected chi connectivity index (χ3v) is 2.12. The Hall–Kier alpha value is -0.648. The maximum Gasteiger partial charge on any atom is 0 e. The van der Waals surface area contributed by atoms with Gasteiger partial charge in [-0.25, -0.2) is 0 Å². The maximum atomic E-state index is 4.20. The van der Waals surface area contributed by atoms with Crippen LogP contribution in [0.3, 0.4) is 0 Å². The van der Waals surface area contributed by atoms with Gasteiger partial charge in [-0.05, 0) is 5.69 Å². The standard InChI is InChI=1S/C11H11N2.U/c1-8-9(2)12-13-11(8)10-6-4-3-5-7-10;/h3-7H,1H2,2H3,(H,12,13);/q-1;. The molecule has 1 N–H and O–H groups in total. The summed E-state index contributed by atoms with van der Waals surface area (Å²) in [5.41, 5.74) is 4.06. The van der Waals surface area contributed by atoms with Crippen molar-refractivity contribution in [2.45, 2.75) is 6.92 Å². The molecule has 2 nitrogen and oxygen atoms in total. The molecule has 0 amide bonds. The van der Waals surface area contributed by atoms with E-state index in [1.807, 2.05) is 37.3 Å². The number of hydrogen-bond acceptors (Lipinski definition) is 1. The fraction of sp³-hybridized carbons (Fsp3) is 0.0909. The van der Waals surface area contributed by atoms with Crippen molar-refractivity contribution in [3.05, 3.63) is 48.5 Å². The third kappa shape index (κ3) is 2.05.